The van der Waals surface area contributed by atoms with Gasteiger partial charge in [0.15, 0.2) is 0 Å². The smallest absolute Gasteiger partial charge is 0.269 e. The van der Waals surface area contributed by atoms with E-state index in [0.29, 0.717) is 0 Å². The average Bonchev–Trinajstić information content (AvgIpc) is 2.86. The Morgan fingerprint density at radius 3 is 3.05 bits per heavy atom. The van der Waals surface area contributed by atoms with E-state index in [1.165, 1.54) is 6.42 Å². The third kappa shape index (κ3) is 2.77. The lowest BCUT2D eigenvalue weighted by molar-refractivity contribution is -0.384. The molecule has 2 heterocycles. The van der Waals surface area contributed by atoms with Crippen LogP contribution in [-0.2, 0) is 6.54 Å². The minimum atomic E-state index is -0.323. The number of rotatable bonds is 3. The second-order valence-electron chi connectivity index (χ2n) is 5.63. The molecule has 102 valence electrons. The number of hydrogen-bond donors (Lipinski definition) is 1. The van der Waals surface area contributed by atoms with Gasteiger partial charge in [-0.3, -0.25) is 15.0 Å². The van der Waals surface area contributed by atoms with Gasteiger partial charge in [-0.1, -0.05) is 12.1 Å². The zero-order valence-electron chi connectivity index (χ0n) is 10.9. The van der Waals surface area contributed by atoms with E-state index in [0.717, 1.165) is 50.1 Å². The summed E-state index contributed by atoms with van der Waals surface area (Å²) in [6, 6.07) is 7.00. The summed E-state index contributed by atoms with van der Waals surface area (Å²) in [6.07, 6.45) is 1.24. The number of piperidine rings is 1. The lowest BCUT2D eigenvalue weighted by atomic mass is 9.88. The van der Waals surface area contributed by atoms with Crippen molar-refractivity contribution in [1.82, 2.24) is 10.2 Å². The highest BCUT2D eigenvalue weighted by molar-refractivity contribution is 5.34. The fourth-order valence-electron chi connectivity index (χ4n) is 3.28. The van der Waals surface area contributed by atoms with Crippen LogP contribution in [0.15, 0.2) is 24.3 Å². The van der Waals surface area contributed by atoms with Gasteiger partial charge in [0.25, 0.3) is 5.69 Å². The molecule has 19 heavy (non-hydrogen) atoms. The molecule has 2 saturated heterocycles. The molecule has 0 aromatic heterocycles. The van der Waals surface area contributed by atoms with Crippen LogP contribution in [0.25, 0.3) is 0 Å². The SMILES string of the molecule is O=[N+]([O-])c1cccc(CN2CCC3CNCC3C2)c1. The van der Waals surface area contributed by atoms with Crippen molar-refractivity contribution in [2.45, 2.75) is 13.0 Å². The van der Waals surface area contributed by atoms with Gasteiger partial charge in [0.1, 0.15) is 0 Å². The van der Waals surface area contributed by atoms with E-state index in [4.69, 9.17) is 0 Å². The summed E-state index contributed by atoms with van der Waals surface area (Å²) < 4.78 is 0. The summed E-state index contributed by atoms with van der Waals surface area (Å²) in [7, 11) is 0. The third-order valence-corrected chi connectivity index (χ3v) is 4.32. The minimum Gasteiger partial charge on any atom is -0.316 e. The molecule has 0 bridgehead atoms. The highest BCUT2D eigenvalue weighted by Gasteiger charge is 2.32. The van der Waals surface area contributed by atoms with Crippen LogP contribution in [0.3, 0.4) is 0 Å². The van der Waals surface area contributed by atoms with Crippen LogP contribution >= 0.6 is 0 Å². The lowest BCUT2D eigenvalue weighted by Gasteiger charge is -2.34. The molecule has 5 heteroatoms. The van der Waals surface area contributed by atoms with Crippen LogP contribution in [0.1, 0.15) is 12.0 Å². The number of benzene rings is 1. The van der Waals surface area contributed by atoms with Gasteiger partial charge >= 0.3 is 0 Å². The third-order valence-electron chi connectivity index (χ3n) is 4.32. The Labute approximate surface area is 112 Å². The number of non-ortho nitro benzene ring substituents is 1. The van der Waals surface area contributed by atoms with Gasteiger partial charge in [-0.05, 0) is 43.5 Å². The van der Waals surface area contributed by atoms with Crippen LogP contribution in [0, 0.1) is 22.0 Å². The number of nitrogens with one attached hydrogen (secondary N) is 1. The standard InChI is InChI=1S/C14H19N3O2/c18-17(19)14-3-1-2-11(6-14)9-16-5-4-12-7-15-8-13(12)10-16/h1-3,6,12-13,15H,4-5,7-10H2. The van der Waals surface area contributed by atoms with Gasteiger partial charge in [-0.25, -0.2) is 0 Å². The Morgan fingerprint density at radius 1 is 1.37 bits per heavy atom. The molecule has 2 aliphatic rings. The first-order valence-corrected chi connectivity index (χ1v) is 6.89. The number of hydrogen-bond acceptors (Lipinski definition) is 4. The number of nitro groups is 1. The predicted octanol–water partition coefficient (Wildman–Crippen LogP) is 1.64. The van der Waals surface area contributed by atoms with Crippen LogP contribution < -0.4 is 5.32 Å². The topological polar surface area (TPSA) is 58.4 Å². The molecule has 2 unspecified atom stereocenters. The lowest BCUT2D eigenvalue weighted by Crippen LogP contribution is -2.39. The van der Waals surface area contributed by atoms with Gasteiger partial charge < -0.3 is 5.32 Å². The van der Waals surface area contributed by atoms with Crippen molar-refractivity contribution in [3.8, 4) is 0 Å². The largest absolute Gasteiger partial charge is 0.316 e. The van der Waals surface area contributed by atoms with Crippen LogP contribution in [-0.4, -0.2) is 36.0 Å². The van der Waals surface area contributed by atoms with E-state index in [-0.39, 0.29) is 10.6 Å². The molecule has 2 atom stereocenters. The number of nitrogens with zero attached hydrogens (tertiary/aromatic N) is 2. The number of likely N-dealkylation sites (tertiary alicyclic amines) is 1. The van der Waals surface area contributed by atoms with Crippen molar-refractivity contribution in [1.29, 1.82) is 0 Å². The summed E-state index contributed by atoms with van der Waals surface area (Å²) in [5, 5.41) is 14.2. The molecule has 0 spiro atoms. The van der Waals surface area contributed by atoms with Gasteiger partial charge in [-0.2, -0.15) is 0 Å². The summed E-state index contributed by atoms with van der Waals surface area (Å²) in [6.45, 7) is 5.32. The first-order chi connectivity index (χ1) is 9.22. The van der Waals surface area contributed by atoms with Crippen LogP contribution in [0.2, 0.25) is 0 Å². The Balaban J connectivity index is 1.65. The van der Waals surface area contributed by atoms with E-state index >= 15 is 0 Å². The van der Waals surface area contributed by atoms with Crippen molar-refractivity contribution < 1.29 is 4.92 Å². The molecule has 1 aromatic rings. The summed E-state index contributed by atoms with van der Waals surface area (Å²) in [5.74, 6) is 1.59. The monoisotopic (exact) mass is 261 g/mol. The Bertz CT molecular complexity index is 478. The first kappa shape index (κ1) is 12.6. The van der Waals surface area contributed by atoms with Crippen molar-refractivity contribution in [2.75, 3.05) is 26.2 Å². The Morgan fingerprint density at radius 2 is 2.21 bits per heavy atom. The van der Waals surface area contributed by atoms with E-state index in [9.17, 15) is 10.1 Å². The molecular formula is C14H19N3O2. The Kier molecular flexibility index (Phi) is 3.48. The first-order valence-electron chi connectivity index (χ1n) is 6.89. The van der Waals surface area contributed by atoms with Crippen LogP contribution in [0.4, 0.5) is 5.69 Å². The second kappa shape index (κ2) is 5.27. The highest BCUT2D eigenvalue weighted by atomic mass is 16.6. The zero-order chi connectivity index (χ0) is 13.2. The van der Waals surface area contributed by atoms with Gasteiger partial charge in [0, 0.05) is 25.2 Å². The summed E-state index contributed by atoms with van der Waals surface area (Å²) >= 11 is 0. The maximum Gasteiger partial charge on any atom is 0.269 e. The molecule has 5 nitrogen and oxygen atoms in total. The normalized spacial score (nSPS) is 27.2. The molecule has 0 saturated carbocycles. The molecule has 0 amide bonds. The Hall–Kier alpha value is -1.46. The molecule has 1 aromatic carbocycles. The van der Waals surface area contributed by atoms with E-state index in [1.54, 1.807) is 18.2 Å². The van der Waals surface area contributed by atoms with Gasteiger partial charge in [0.2, 0.25) is 0 Å². The second-order valence-corrected chi connectivity index (χ2v) is 5.63. The molecule has 3 rings (SSSR count). The van der Waals surface area contributed by atoms with Crippen molar-refractivity contribution >= 4 is 5.69 Å². The van der Waals surface area contributed by atoms with Gasteiger partial charge in [-0.15, -0.1) is 0 Å². The predicted molar refractivity (Wildman–Crippen MR) is 72.8 cm³/mol. The van der Waals surface area contributed by atoms with E-state index < -0.39 is 0 Å². The fourth-order valence-corrected chi connectivity index (χ4v) is 3.28. The molecule has 2 fully saturated rings. The quantitative estimate of drug-likeness (QED) is 0.664. The van der Waals surface area contributed by atoms with Gasteiger partial charge in [0.05, 0.1) is 4.92 Å². The fraction of sp³-hybridized carbons (Fsp3) is 0.571. The molecule has 0 aliphatic carbocycles. The van der Waals surface area contributed by atoms with Crippen molar-refractivity contribution in [3.63, 3.8) is 0 Å². The molecule has 1 N–H and O–H groups in total. The van der Waals surface area contributed by atoms with E-state index in [2.05, 4.69) is 10.2 Å². The summed E-state index contributed by atoms with van der Waals surface area (Å²) in [4.78, 5) is 12.9. The maximum atomic E-state index is 10.8. The van der Waals surface area contributed by atoms with E-state index in [1.807, 2.05) is 6.07 Å². The van der Waals surface area contributed by atoms with Crippen molar-refractivity contribution in [2.24, 2.45) is 11.8 Å². The maximum absolute atomic E-state index is 10.8. The number of nitro benzene ring substituents is 1. The minimum absolute atomic E-state index is 0.190. The molecule has 0 radical (unpaired) electrons. The van der Waals surface area contributed by atoms with Crippen LogP contribution in [0.5, 0.6) is 0 Å². The van der Waals surface area contributed by atoms with Crippen molar-refractivity contribution in [3.05, 3.63) is 39.9 Å². The summed E-state index contributed by atoms with van der Waals surface area (Å²) in [5.41, 5.74) is 1.23. The number of fused-ring (bicyclic) bond motifs is 1. The molecular weight excluding hydrogens is 242 g/mol. The average molecular weight is 261 g/mol. The highest BCUT2D eigenvalue weighted by Crippen LogP contribution is 2.27. The zero-order valence-corrected chi connectivity index (χ0v) is 10.9. The molecule has 2 aliphatic heterocycles.